The summed E-state index contributed by atoms with van der Waals surface area (Å²) < 4.78 is 0. The second-order valence-corrected chi connectivity index (χ2v) is 28.8. The van der Waals surface area contributed by atoms with Gasteiger partial charge in [0.05, 0.1) is 0 Å². The van der Waals surface area contributed by atoms with Gasteiger partial charge in [0.25, 0.3) is 0 Å². The molecule has 24 nitrogen and oxygen atoms in total. The summed E-state index contributed by atoms with van der Waals surface area (Å²) in [6, 6.07) is 78.5. The zero-order valence-corrected chi connectivity index (χ0v) is 62.5. The summed E-state index contributed by atoms with van der Waals surface area (Å²) >= 11 is 0. The van der Waals surface area contributed by atoms with Gasteiger partial charge in [-0.3, -0.25) is 80.9 Å². The van der Waals surface area contributed by atoms with Crippen molar-refractivity contribution in [3.05, 3.63) is 287 Å². The van der Waals surface area contributed by atoms with Crippen molar-refractivity contribution in [1.29, 1.82) is 0 Å². The van der Waals surface area contributed by atoms with Crippen LogP contribution < -0.4 is 42.5 Å². The lowest BCUT2D eigenvalue weighted by Gasteiger charge is -2.11. The molecule has 8 saturated heterocycles. The summed E-state index contributed by atoms with van der Waals surface area (Å²) in [6.45, 7) is 0. The van der Waals surface area contributed by atoms with Crippen molar-refractivity contribution in [2.24, 2.45) is 0 Å². The highest BCUT2D eigenvalue weighted by Crippen LogP contribution is 2.33. The van der Waals surface area contributed by atoms with Crippen molar-refractivity contribution >= 4 is 47.8 Å². The van der Waals surface area contributed by atoms with Crippen molar-refractivity contribution in [2.45, 2.75) is 199 Å². The van der Waals surface area contributed by atoms with Crippen LogP contribution in [0.4, 0.5) is 0 Å². The lowest BCUT2D eigenvalue weighted by Crippen LogP contribution is -2.31. The summed E-state index contributed by atoms with van der Waals surface area (Å²) in [5, 5.41) is 95.4. The normalized spacial score (nSPS) is 26.3. The number of benzene rings is 8. The molecule has 8 aliphatic rings. The highest BCUT2D eigenvalue weighted by Gasteiger charge is 2.36. The van der Waals surface area contributed by atoms with Crippen LogP contribution in [0.3, 0.4) is 0 Å². The van der Waals surface area contributed by atoms with Gasteiger partial charge in [-0.1, -0.05) is 243 Å². The molecule has 24 heteroatoms. The van der Waals surface area contributed by atoms with Crippen LogP contribution in [-0.2, 0) is 38.4 Å². The molecule has 8 aliphatic heterocycles. The highest BCUT2D eigenvalue weighted by molar-refractivity contribution is 5.77. The molecule has 0 aliphatic carbocycles. The van der Waals surface area contributed by atoms with Gasteiger partial charge < -0.3 is 40.9 Å². The number of carbonyl (C=O) groups is 8. The zero-order valence-electron chi connectivity index (χ0n) is 62.5. The van der Waals surface area contributed by atoms with E-state index >= 15 is 0 Å². The highest BCUT2D eigenvalue weighted by atomic mass is 16.4. The van der Waals surface area contributed by atoms with E-state index in [0.717, 1.165) is 103 Å². The van der Waals surface area contributed by atoms with Gasteiger partial charge in [-0.05, 0) is 147 Å². The predicted octanol–water partition coefficient (Wildman–Crippen LogP) is 12.5. The maximum absolute atomic E-state index is 10.7. The van der Waals surface area contributed by atoms with E-state index in [1.807, 2.05) is 243 Å². The summed E-state index contributed by atoms with van der Waals surface area (Å²) in [5.41, 5.74) is 9.42. The van der Waals surface area contributed by atoms with Crippen LogP contribution in [0.5, 0.6) is 0 Å². The fourth-order valence-corrected chi connectivity index (χ4v) is 15.1. The van der Waals surface area contributed by atoms with E-state index in [1.165, 1.54) is 44.5 Å². The molecule has 0 spiro atoms. The molecule has 8 aromatic carbocycles. The SMILES string of the molecule is O=C(O)[C@@H]1CC[C@@H](c2ccccc2)N1.O=C(O)[C@@H]1CC[C@@H](c2ccccc2)N1.O=C(O)[C@@H]1CC[C@H](c2ccccc2)N1.O=C(O)[C@@H]1CC[C@H](c2ccccc2)N1.O=C(O)[C@H]1CC[C@@H](c2ccccc2)N1.O=C(O)[C@H]1CC[C@@H](c2ccccc2)N1.O=C(O)[C@H]1CC[C@H](c2ccccc2)N1.O=C(O)[C@H]1CC[C@H](c2ccccc2)N1. The lowest BCUT2D eigenvalue weighted by atomic mass is 10.1. The molecule has 592 valence electrons. The molecule has 112 heavy (non-hydrogen) atoms. The second-order valence-electron chi connectivity index (χ2n) is 28.8. The zero-order chi connectivity index (χ0) is 79.7. The maximum atomic E-state index is 10.7. The largest absolute Gasteiger partial charge is 0.480 e. The summed E-state index contributed by atoms with van der Waals surface area (Å²) in [6.07, 6.45) is 13.0. The van der Waals surface area contributed by atoms with E-state index in [1.54, 1.807) is 0 Å². The van der Waals surface area contributed by atoms with Gasteiger partial charge in [-0.15, -0.1) is 0 Å². The molecular formula is C88H104N8O16. The van der Waals surface area contributed by atoms with Gasteiger partial charge in [0.15, 0.2) is 0 Å². The number of nitrogens with one attached hydrogen (secondary N) is 8. The first-order valence-electron chi connectivity index (χ1n) is 38.5. The molecule has 16 atom stereocenters. The molecule has 0 bridgehead atoms. The number of aliphatic carboxylic acids is 8. The van der Waals surface area contributed by atoms with Gasteiger partial charge in [-0.25, -0.2) is 0 Å². The van der Waals surface area contributed by atoms with E-state index in [0.29, 0.717) is 0 Å². The first-order chi connectivity index (χ1) is 54.2. The molecule has 0 unspecified atom stereocenters. The quantitative estimate of drug-likeness (QED) is 0.0427. The van der Waals surface area contributed by atoms with Crippen molar-refractivity contribution in [3.8, 4) is 0 Å². The monoisotopic (exact) mass is 1530 g/mol. The number of carboxylic acids is 8. The maximum Gasteiger partial charge on any atom is 0.320 e. The standard InChI is InChI=1S/8C11H13NO2/c8*13-11(14)10-7-6-9(12-10)8-4-2-1-3-5-8/h8*1-5,9-10,12H,6-7H2,(H,13,14)/t4*9-,10+;4*9-,10-/m11001100/s1. The fraction of sp³-hybridized carbons (Fsp3) is 0.364. The van der Waals surface area contributed by atoms with E-state index < -0.39 is 47.8 Å². The third kappa shape index (κ3) is 26.7. The molecule has 16 rings (SSSR count). The van der Waals surface area contributed by atoms with Gasteiger partial charge >= 0.3 is 47.8 Å². The van der Waals surface area contributed by atoms with Crippen LogP contribution in [0, 0.1) is 0 Å². The van der Waals surface area contributed by atoms with Crippen molar-refractivity contribution in [3.63, 3.8) is 0 Å². The van der Waals surface area contributed by atoms with Gasteiger partial charge in [-0.2, -0.15) is 0 Å². The van der Waals surface area contributed by atoms with Crippen LogP contribution in [0.25, 0.3) is 0 Å². The third-order valence-electron chi connectivity index (χ3n) is 21.2. The van der Waals surface area contributed by atoms with Crippen molar-refractivity contribution < 1.29 is 79.2 Å². The Balaban J connectivity index is 0.000000147. The molecule has 0 amide bonds. The number of rotatable bonds is 16. The minimum atomic E-state index is -0.747. The lowest BCUT2D eigenvalue weighted by molar-refractivity contribution is -0.140. The topological polar surface area (TPSA) is 395 Å². The molecule has 8 heterocycles. The van der Waals surface area contributed by atoms with Crippen molar-refractivity contribution in [2.75, 3.05) is 0 Å². The average molecular weight is 1530 g/mol. The Kier molecular flexibility index (Phi) is 33.7. The van der Waals surface area contributed by atoms with Crippen LogP contribution in [0.15, 0.2) is 243 Å². The molecule has 0 radical (unpaired) electrons. The van der Waals surface area contributed by atoms with Gasteiger partial charge in [0.2, 0.25) is 0 Å². The van der Waals surface area contributed by atoms with Crippen LogP contribution >= 0.6 is 0 Å². The smallest absolute Gasteiger partial charge is 0.320 e. The first-order valence-corrected chi connectivity index (χ1v) is 38.5. The minimum absolute atomic E-state index is 0.206. The predicted molar refractivity (Wildman–Crippen MR) is 424 cm³/mol. The van der Waals surface area contributed by atoms with E-state index in [4.69, 9.17) is 40.9 Å². The summed E-state index contributed by atoms with van der Waals surface area (Å²) in [7, 11) is 0. The number of hydrogen-bond acceptors (Lipinski definition) is 16. The first kappa shape index (κ1) is 85.2. The Labute approximate surface area is 652 Å². The Morgan fingerprint density at radius 1 is 0.161 bits per heavy atom. The minimum Gasteiger partial charge on any atom is -0.480 e. The van der Waals surface area contributed by atoms with Crippen LogP contribution in [0.2, 0.25) is 0 Å². The molecule has 16 N–H and O–H groups in total. The summed E-state index contributed by atoms with van der Waals surface area (Å²) in [5.74, 6) is -5.97. The Hall–Kier alpha value is -10.8. The molecule has 8 fully saturated rings. The molecule has 0 aromatic heterocycles. The number of hydrogen-bond donors (Lipinski definition) is 16. The Morgan fingerprint density at radius 2 is 0.250 bits per heavy atom. The molecule has 8 aromatic rings. The summed E-state index contributed by atoms with van der Waals surface area (Å²) in [4.78, 5) is 85.7. The average Bonchev–Trinajstić information content (AvgIpc) is 1.88. The van der Waals surface area contributed by atoms with Gasteiger partial charge in [0.1, 0.15) is 48.3 Å². The van der Waals surface area contributed by atoms with Crippen LogP contribution in [0.1, 0.15) is 196 Å². The van der Waals surface area contributed by atoms with Gasteiger partial charge in [0, 0.05) is 48.3 Å². The van der Waals surface area contributed by atoms with Crippen molar-refractivity contribution in [1.82, 2.24) is 42.5 Å². The van der Waals surface area contributed by atoms with E-state index in [-0.39, 0.29) is 96.7 Å². The molecular weight excluding hydrogens is 1430 g/mol. The Bertz CT molecular complexity index is 3400. The number of carboxylic acid groups (broad SMARTS) is 8. The van der Waals surface area contributed by atoms with E-state index in [2.05, 4.69) is 42.5 Å². The molecule has 0 saturated carbocycles. The van der Waals surface area contributed by atoms with E-state index in [9.17, 15) is 38.4 Å². The second kappa shape index (κ2) is 44.3. The van der Waals surface area contributed by atoms with Crippen LogP contribution in [-0.4, -0.2) is 137 Å². The third-order valence-corrected chi connectivity index (χ3v) is 21.2. The Morgan fingerprint density at radius 3 is 0.321 bits per heavy atom. The fourth-order valence-electron chi connectivity index (χ4n) is 15.1.